The molecule has 1 aliphatic carbocycles. The Morgan fingerprint density at radius 1 is 1.00 bits per heavy atom. The van der Waals surface area contributed by atoms with E-state index in [-0.39, 0.29) is 4.90 Å². The smallest absolute Gasteiger partial charge is 0.283 e. The summed E-state index contributed by atoms with van der Waals surface area (Å²) in [4.78, 5) is 5.73. The van der Waals surface area contributed by atoms with Crippen LogP contribution in [0.3, 0.4) is 0 Å². The first-order valence-electron chi connectivity index (χ1n) is 9.14. The van der Waals surface area contributed by atoms with Crippen LogP contribution in [0.25, 0.3) is 0 Å². The molecule has 1 spiro atoms. The van der Waals surface area contributed by atoms with Crippen LogP contribution in [0.5, 0.6) is 0 Å². The van der Waals surface area contributed by atoms with E-state index in [0.717, 1.165) is 5.56 Å². The number of hydrogen-bond donors (Lipinski definition) is 0. The van der Waals surface area contributed by atoms with Crippen molar-refractivity contribution in [1.82, 2.24) is 5.06 Å². The van der Waals surface area contributed by atoms with Crippen molar-refractivity contribution in [1.29, 1.82) is 0 Å². The van der Waals surface area contributed by atoms with Gasteiger partial charge in [0.05, 0.1) is 16.4 Å². The van der Waals surface area contributed by atoms with Crippen LogP contribution in [0, 0.1) is 12.3 Å². The van der Waals surface area contributed by atoms with E-state index >= 15 is 8.78 Å². The summed E-state index contributed by atoms with van der Waals surface area (Å²) in [5.74, 6) is -3.28. The van der Waals surface area contributed by atoms with Crippen molar-refractivity contribution >= 4 is 9.84 Å². The minimum atomic E-state index is -4.12. The largest absolute Gasteiger partial charge is 0.288 e. The van der Waals surface area contributed by atoms with E-state index in [2.05, 4.69) is 0 Å². The zero-order valence-electron chi connectivity index (χ0n) is 16.2. The van der Waals surface area contributed by atoms with E-state index < -0.39 is 38.1 Å². The molecular formula is C21H23F2NO3S. The summed E-state index contributed by atoms with van der Waals surface area (Å²) >= 11 is 0. The molecule has 1 heterocycles. The number of hydrogen-bond acceptors (Lipinski definition) is 4. The summed E-state index contributed by atoms with van der Waals surface area (Å²) in [6.07, 6.45) is 0. The third-order valence-electron chi connectivity index (χ3n) is 6.31. The van der Waals surface area contributed by atoms with Gasteiger partial charge in [0.1, 0.15) is 5.25 Å². The van der Waals surface area contributed by atoms with Gasteiger partial charge in [-0.2, -0.15) is 5.06 Å². The van der Waals surface area contributed by atoms with E-state index in [1.807, 2.05) is 6.92 Å². The lowest BCUT2D eigenvalue weighted by Crippen LogP contribution is -2.41. The van der Waals surface area contributed by atoms with Crippen LogP contribution in [-0.4, -0.2) is 37.3 Å². The monoisotopic (exact) mass is 407 g/mol. The first-order chi connectivity index (χ1) is 13.0. The lowest BCUT2D eigenvalue weighted by molar-refractivity contribution is -0.183. The highest BCUT2D eigenvalue weighted by molar-refractivity contribution is 7.92. The van der Waals surface area contributed by atoms with Gasteiger partial charge in [0.2, 0.25) is 0 Å². The maximum atomic E-state index is 15.1. The standard InChI is InChI=1S/C21H23F2NO3S/c1-14-10-12-16(13-11-14)28(25,26)18-17(15-8-6-5-7-9-15)24(4)27-20(18)19(2,3)21(20,22)23/h5-13,17-18H,1-4H3/t17-,18-,20+/m1/s1. The van der Waals surface area contributed by atoms with Crippen molar-refractivity contribution in [2.75, 3.05) is 7.05 Å². The van der Waals surface area contributed by atoms with Gasteiger partial charge in [0, 0.05) is 7.05 Å². The number of nitrogens with zero attached hydrogens (tertiary/aromatic N) is 1. The number of aryl methyl sites for hydroxylation is 1. The zero-order chi connectivity index (χ0) is 20.5. The van der Waals surface area contributed by atoms with Crippen molar-refractivity contribution in [2.45, 2.75) is 48.5 Å². The van der Waals surface area contributed by atoms with Gasteiger partial charge in [-0.3, -0.25) is 4.84 Å². The summed E-state index contributed by atoms with van der Waals surface area (Å²) in [6, 6.07) is 14.3. The number of benzene rings is 2. The van der Waals surface area contributed by atoms with Gasteiger partial charge in [0.25, 0.3) is 5.92 Å². The van der Waals surface area contributed by atoms with Gasteiger partial charge in [-0.05, 0) is 24.6 Å². The molecule has 0 aromatic heterocycles. The third-order valence-corrected chi connectivity index (χ3v) is 8.50. The van der Waals surface area contributed by atoms with Gasteiger partial charge in [-0.15, -0.1) is 0 Å². The number of rotatable bonds is 3. The second kappa shape index (κ2) is 5.84. The molecule has 7 heteroatoms. The molecule has 28 heavy (non-hydrogen) atoms. The van der Waals surface area contributed by atoms with Crippen molar-refractivity contribution in [3.05, 3.63) is 65.7 Å². The lowest BCUT2D eigenvalue weighted by atomic mass is 9.96. The summed E-state index contributed by atoms with van der Waals surface area (Å²) in [5.41, 5.74) is -2.20. The van der Waals surface area contributed by atoms with Crippen molar-refractivity contribution in [2.24, 2.45) is 5.41 Å². The molecule has 2 aromatic carbocycles. The van der Waals surface area contributed by atoms with Gasteiger partial charge in [-0.25, -0.2) is 17.2 Å². The number of alkyl halides is 2. The molecule has 1 aliphatic heterocycles. The Morgan fingerprint density at radius 3 is 2.04 bits per heavy atom. The fourth-order valence-electron chi connectivity index (χ4n) is 4.51. The molecule has 4 nitrogen and oxygen atoms in total. The summed E-state index contributed by atoms with van der Waals surface area (Å²) in [6.45, 7) is 4.58. The Morgan fingerprint density at radius 2 is 1.54 bits per heavy atom. The molecular weight excluding hydrogens is 384 g/mol. The fourth-order valence-corrected chi connectivity index (χ4v) is 6.91. The van der Waals surface area contributed by atoms with Gasteiger partial charge in [0.15, 0.2) is 15.4 Å². The predicted octanol–water partition coefficient (Wildman–Crippen LogP) is 4.17. The second-order valence-electron chi connectivity index (χ2n) is 8.21. The van der Waals surface area contributed by atoms with E-state index in [1.165, 1.54) is 38.1 Å². The summed E-state index contributed by atoms with van der Waals surface area (Å²) in [5, 5.41) is -0.158. The van der Waals surface area contributed by atoms with Crippen molar-refractivity contribution in [3.8, 4) is 0 Å². The summed E-state index contributed by atoms with van der Waals surface area (Å²) in [7, 11) is -2.60. The van der Waals surface area contributed by atoms with Gasteiger partial charge < -0.3 is 0 Å². The predicted molar refractivity (Wildman–Crippen MR) is 102 cm³/mol. The van der Waals surface area contributed by atoms with Crippen LogP contribution < -0.4 is 0 Å². The molecule has 1 saturated heterocycles. The molecule has 150 valence electrons. The van der Waals surface area contributed by atoms with Crippen LogP contribution in [0.2, 0.25) is 0 Å². The molecule has 3 atom stereocenters. The molecule has 0 unspecified atom stereocenters. The molecule has 1 saturated carbocycles. The molecule has 0 amide bonds. The Kier molecular flexibility index (Phi) is 4.07. The van der Waals surface area contributed by atoms with Crippen molar-refractivity contribution < 1.29 is 22.0 Å². The van der Waals surface area contributed by atoms with E-state index in [0.29, 0.717) is 5.56 Å². The van der Waals surface area contributed by atoms with Crippen LogP contribution in [0.1, 0.15) is 31.0 Å². The zero-order valence-corrected chi connectivity index (χ0v) is 17.0. The Labute approximate surface area is 164 Å². The lowest BCUT2D eigenvalue weighted by Gasteiger charge is -2.24. The summed E-state index contributed by atoms with van der Waals surface area (Å²) < 4.78 is 57.5. The van der Waals surface area contributed by atoms with Gasteiger partial charge in [-0.1, -0.05) is 61.9 Å². The molecule has 2 aromatic rings. The average molecular weight is 407 g/mol. The second-order valence-corrected chi connectivity index (χ2v) is 10.3. The number of hydroxylamine groups is 2. The van der Waals surface area contributed by atoms with Crippen LogP contribution in [-0.2, 0) is 14.7 Å². The Hall–Kier alpha value is -1.83. The highest BCUT2D eigenvalue weighted by Crippen LogP contribution is 2.77. The topological polar surface area (TPSA) is 46.6 Å². The molecule has 0 radical (unpaired) electrons. The molecule has 2 aliphatic rings. The molecule has 4 rings (SSSR count). The molecule has 0 N–H and O–H groups in total. The Balaban J connectivity index is 1.93. The maximum absolute atomic E-state index is 15.1. The van der Waals surface area contributed by atoms with Crippen molar-refractivity contribution in [3.63, 3.8) is 0 Å². The molecule has 2 fully saturated rings. The first-order valence-corrected chi connectivity index (χ1v) is 10.7. The van der Waals surface area contributed by atoms with Crippen LogP contribution >= 0.6 is 0 Å². The average Bonchev–Trinajstić information content (AvgIpc) is 2.90. The number of halogens is 2. The third kappa shape index (κ3) is 2.24. The number of sulfone groups is 1. The first kappa shape index (κ1) is 19.5. The normalized spacial score (nSPS) is 31.2. The maximum Gasteiger partial charge on any atom is 0.288 e. The highest BCUT2D eigenvalue weighted by Gasteiger charge is 2.95. The minimum Gasteiger partial charge on any atom is -0.283 e. The van der Waals surface area contributed by atoms with E-state index in [1.54, 1.807) is 42.5 Å². The quantitative estimate of drug-likeness (QED) is 0.766. The van der Waals surface area contributed by atoms with Crippen LogP contribution in [0.15, 0.2) is 59.5 Å². The fraction of sp³-hybridized carbons (Fsp3) is 0.429. The molecule has 0 bridgehead atoms. The van der Waals surface area contributed by atoms with Crippen LogP contribution in [0.4, 0.5) is 8.78 Å². The minimum absolute atomic E-state index is 0.0285. The van der Waals surface area contributed by atoms with Gasteiger partial charge >= 0.3 is 0 Å². The van der Waals surface area contributed by atoms with E-state index in [9.17, 15) is 8.42 Å². The SMILES string of the molecule is Cc1ccc(S(=O)(=O)[C@@H]2[C@@H](c3ccccc3)N(C)O[C@]23C(C)(C)C3(F)F)cc1. The Bertz CT molecular complexity index is 990. The highest BCUT2D eigenvalue weighted by atomic mass is 32.2. The van der Waals surface area contributed by atoms with E-state index in [4.69, 9.17) is 4.84 Å².